The topological polar surface area (TPSA) is 43.4 Å². The number of rotatable bonds is 5. The summed E-state index contributed by atoms with van der Waals surface area (Å²) in [6.07, 6.45) is 3.24. The van der Waals surface area contributed by atoms with Crippen LogP contribution in [0.4, 0.5) is 4.39 Å². The Morgan fingerprint density at radius 2 is 1.56 bits per heavy atom. The molecule has 27 heavy (non-hydrogen) atoms. The summed E-state index contributed by atoms with van der Waals surface area (Å²) in [5.41, 5.74) is 2.41. The minimum absolute atomic E-state index is 0.140. The second-order valence-electron chi connectivity index (χ2n) is 6.00. The fraction of sp³-hybridized carbons (Fsp3) is 0.0435. The zero-order chi connectivity index (χ0) is 19.2. The van der Waals surface area contributed by atoms with E-state index in [-0.39, 0.29) is 17.1 Å². The lowest BCUT2D eigenvalue weighted by Crippen LogP contribution is -2.10. The van der Waals surface area contributed by atoms with Crippen LogP contribution in [0.5, 0.6) is 5.75 Å². The van der Waals surface area contributed by atoms with Crippen molar-refractivity contribution in [3.63, 3.8) is 0 Å². The highest BCUT2D eigenvalue weighted by Crippen LogP contribution is 2.16. The second-order valence-corrected chi connectivity index (χ2v) is 6.00. The number of aryl methyl sites for hydroxylation is 1. The van der Waals surface area contributed by atoms with Crippen LogP contribution in [0.25, 0.3) is 6.08 Å². The molecule has 4 heteroatoms. The first-order valence-corrected chi connectivity index (χ1v) is 8.39. The summed E-state index contributed by atoms with van der Waals surface area (Å²) in [6, 6.07) is 19.6. The molecule has 3 aromatic carbocycles. The maximum absolute atomic E-state index is 13.6. The molecular weight excluding hydrogens is 343 g/mol. The van der Waals surface area contributed by atoms with Crippen LogP contribution in [0.15, 0.2) is 78.9 Å². The highest BCUT2D eigenvalue weighted by molar-refractivity contribution is 6.06. The number of halogens is 1. The van der Waals surface area contributed by atoms with Crippen LogP contribution >= 0.6 is 0 Å². The van der Waals surface area contributed by atoms with Gasteiger partial charge in [-0.2, -0.15) is 0 Å². The van der Waals surface area contributed by atoms with E-state index >= 15 is 0 Å². The Morgan fingerprint density at radius 3 is 2.22 bits per heavy atom. The van der Waals surface area contributed by atoms with E-state index in [4.69, 9.17) is 4.74 Å². The van der Waals surface area contributed by atoms with Crippen LogP contribution in [0.3, 0.4) is 0 Å². The third kappa shape index (κ3) is 4.76. The standard InChI is InChI=1S/C23H17FO3/c1-16-6-8-17(9-7-16)10-15-22(25)18-11-13-19(14-12-18)27-23(26)20-4-2-3-5-21(20)24/h2-15H,1H3. The summed E-state index contributed by atoms with van der Waals surface area (Å²) in [6.45, 7) is 2.00. The number of carbonyl (C=O) groups is 2. The van der Waals surface area contributed by atoms with Gasteiger partial charge in [-0.1, -0.05) is 48.0 Å². The highest BCUT2D eigenvalue weighted by atomic mass is 19.1. The van der Waals surface area contributed by atoms with Crippen molar-refractivity contribution in [2.75, 3.05) is 0 Å². The summed E-state index contributed by atoms with van der Waals surface area (Å²) in [7, 11) is 0. The van der Waals surface area contributed by atoms with Crippen molar-refractivity contribution < 1.29 is 18.7 Å². The summed E-state index contributed by atoms with van der Waals surface area (Å²) in [5, 5.41) is 0. The van der Waals surface area contributed by atoms with Crippen molar-refractivity contribution in [3.05, 3.63) is 107 Å². The van der Waals surface area contributed by atoms with Gasteiger partial charge in [0, 0.05) is 5.56 Å². The van der Waals surface area contributed by atoms with Crippen LogP contribution in [-0.2, 0) is 0 Å². The normalized spacial score (nSPS) is 10.7. The number of carbonyl (C=O) groups excluding carboxylic acids is 2. The number of hydrogen-bond donors (Lipinski definition) is 0. The highest BCUT2D eigenvalue weighted by Gasteiger charge is 2.13. The van der Waals surface area contributed by atoms with Gasteiger partial charge in [0.15, 0.2) is 5.78 Å². The van der Waals surface area contributed by atoms with Gasteiger partial charge >= 0.3 is 5.97 Å². The first-order chi connectivity index (χ1) is 13.0. The maximum Gasteiger partial charge on any atom is 0.346 e. The SMILES string of the molecule is Cc1ccc(C=CC(=O)c2ccc(OC(=O)c3ccccc3F)cc2)cc1. The summed E-state index contributed by atoms with van der Waals surface area (Å²) >= 11 is 0. The van der Waals surface area contributed by atoms with E-state index in [1.165, 1.54) is 36.4 Å². The Labute approximate surface area is 156 Å². The van der Waals surface area contributed by atoms with Gasteiger partial charge in [-0.3, -0.25) is 4.79 Å². The molecule has 0 saturated carbocycles. The molecular formula is C23H17FO3. The molecule has 3 aromatic rings. The summed E-state index contributed by atoms with van der Waals surface area (Å²) in [4.78, 5) is 24.2. The van der Waals surface area contributed by atoms with E-state index in [1.54, 1.807) is 24.3 Å². The lowest BCUT2D eigenvalue weighted by atomic mass is 10.1. The van der Waals surface area contributed by atoms with Crippen LogP contribution in [0.1, 0.15) is 31.8 Å². The van der Waals surface area contributed by atoms with Crippen molar-refractivity contribution in [1.29, 1.82) is 0 Å². The average Bonchev–Trinajstić information content (AvgIpc) is 2.68. The number of esters is 1. The van der Waals surface area contributed by atoms with E-state index < -0.39 is 11.8 Å². The van der Waals surface area contributed by atoms with Gasteiger partial charge in [0.25, 0.3) is 0 Å². The number of allylic oxidation sites excluding steroid dienone is 1. The fourth-order valence-electron chi connectivity index (χ4n) is 2.42. The molecule has 134 valence electrons. The molecule has 0 fully saturated rings. The van der Waals surface area contributed by atoms with Crippen LogP contribution in [0, 0.1) is 12.7 Å². The number of ether oxygens (including phenoxy) is 1. The molecule has 0 bridgehead atoms. The minimum Gasteiger partial charge on any atom is -0.423 e. The minimum atomic E-state index is -0.786. The fourth-order valence-corrected chi connectivity index (χ4v) is 2.42. The maximum atomic E-state index is 13.6. The van der Waals surface area contributed by atoms with Gasteiger partial charge in [-0.15, -0.1) is 0 Å². The number of ketones is 1. The smallest absolute Gasteiger partial charge is 0.346 e. The van der Waals surface area contributed by atoms with Crippen LogP contribution in [-0.4, -0.2) is 11.8 Å². The molecule has 0 spiro atoms. The zero-order valence-electron chi connectivity index (χ0n) is 14.7. The molecule has 0 saturated heterocycles. The Kier molecular flexibility index (Phi) is 5.57. The number of hydrogen-bond acceptors (Lipinski definition) is 3. The van der Waals surface area contributed by atoms with Crippen LogP contribution in [0.2, 0.25) is 0 Å². The van der Waals surface area contributed by atoms with Gasteiger partial charge < -0.3 is 4.74 Å². The zero-order valence-corrected chi connectivity index (χ0v) is 14.7. The molecule has 3 nitrogen and oxygen atoms in total. The quantitative estimate of drug-likeness (QED) is 0.270. The largest absolute Gasteiger partial charge is 0.423 e. The molecule has 0 amide bonds. The molecule has 3 rings (SSSR count). The van der Waals surface area contributed by atoms with Crippen LogP contribution < -0.4 is 4.74 Å². The molecule has 0 N–H and O–H groups in total. The molecule has 0 aliphatic carbocycles. The second kappa shape index (κ2) is 8.23. The summed E-state index contributed by atoms with van der Waals surface area (Å²) in [5.74, 6) is -1.35. The lowest BCUT2D eigenvalue weighted by Gasteiger charge is -2.05. The Balaban J connectivity index is 1.66. The molecule has 0 radical (unpaired) electrons. The predicted octanol–water partition coefficient (Wildman–Crippen LogP) is 5.25. The van der Waals surface area contributed by atoms with Gasteiger partial charge in [-0.05, 0) is 55.0 Å². The summed E-state index contributed by atoms with van der Waals surface area (Å²) < 4.78 is 18.8. The molecule has 0 aliphatic rings. The van der Waals surface area contributed by atoms with E-state index in [2.05, 4.69) is 0 Å². The van der Waals surface area contributed by atoms with Gasteiger partial charge in [0.1, 0.15) is 11.6 Å². The molecule has 0 aliphatic heterocycles. The van der Waals surface area contributed by atoms with E-state index in [0.29, 0.717) is 5.56 Å². The number of benzene rings is 3. The Hall–Kier alpha value is -3.53. The molecule has 0 atom stereocenters. The Bertz CT molecular complexity index is 987. The van der Waals surface area contributed by atoms with Crippen molar-refractivity contribution in [2.45, 2.75) is 6.92 Å². The molecule has 0 heterocycles. The monoisotopic (exact) mass is 360 g/mol. The van der Waals surface area contributed by atoms with Crippen molar-refractivity contribution in [2.24, 2.45) is 0 Å². The first kappa shape index (κ1) is 18.3. The van der Waals surface area contributed by atoms with Crippen molar-refractivity contribution in [3.8, 4) is 5.75 Å². The van der Waals surface area contributed by atoms with Gasteiger partial charge in [-0.25, -0.2) is 9.18 Å². The van der Waals surface area contributed by atoms with Crippen molar-refractivity contribution in [1.82, 2.24) is 0 Å². The molecule has 0 aromatic heterocycles. The molecule has 0 unspecified atom stereocenters. The first-order valence-electron chi connectivity index (χ1n) is 8.39. The Morgan fingerprint density at radius 1 is 0.889 bits per heavy atom. The van der Waals surface area contributed by atoms with E-state index in [1.807, 2.05) is 31.2 Å². The predicted molar refractivity (Wildman–Crippen MR) is 102 cm³/mol. The third-order valence-corrected chi connectivity index (χ3v) is 3.95. The van der Waals surface area contributed by atoms with Gasteiger partial charge in [0.2, 0.25) is 0 Å². The lowest BCUT2D eigenvalue weighted by molar-refractivity contribution is 0.0730. The van der Waals surface area contributed by atoms with Gasteiger partial charge in [0.05, 0.1) is 5.56 Å². The average molecular weight is 360 g/mol. The van der Waals surface area contributed by atoms with E-state index in [0.717, 1.165) is 11.1 Å². The van der Waals surface area contributed by atoms with Crippen molar-refractivity contribution >= 4 is 17.8 Å². The van der Waals surface area contributed by atoms with E-state index in [9.17, 15) is 14.0 Å². The third-order valence-electron chi connectivity index (χ3n) is 3.95.